The van der Waals surface area contributed by atoms with Crippen molar-refractivity contribution in [2.75, 3.05) is 32.7 Å². The van der Waals surface area contributed by atoms with Gasteiger partial charge >= 0.3 is 5.97 Å². The van der Waals surface area contributed by atoms with Crippen molar-refractivity contribution in [3.05, 3.63) is 0 Å². The van der Waals surface area contributed by atoms with E-state index in [9.17, 15) is 9.59 Å². The molecule has 1 heterocycles. The third-order valence-corrected chi connectivity index (χ3v) is 3.66. The molecular formula is C13H25N3O3. The van der Waals surface area contributed by atoms with Crippen molar-refractivity contribution in [3.8, 4) is 0 Å². The van der Waals surface area contributed by atoms with E-state index in [-0.39, 0.29) is 5.91 Å². The Kier molecular flexibility index (Phi) is 5.31. The van der Waals surface area contributed by atoms with Crippen molar-refractivity contribution in [3.63, 3.8) is 0 Å². The Morgan fingerprint density at radius 3 is 2.21 bits per heavy atom. The first-order valence-electron chi connectivity index (χ1n) is 6.81. The number of hydrogen-bond acceptors (Lipinski definition) is 4. The fourth-order valence-electron chi connectivity index (χ4n) is 2.38. The predicted molar refractivity (Wildman–Crippen MR) is 73.0 cm³/mol. The Bertz CT molecular complexity index is 336. The first kappa shape index (κ1) is 15.9. The lowest BCUT2D eigenvalue weighted by Gasteiger charge is -2.40. The van der Waals surface area contributed by atoms with Gasteiger partial charge < -0.3 is 15.3 Å². The van der Waals surface area contributed by atoms with Gasteiger partial charge in [-0.25, -0.2) is 0 Å². The van der Waals surface area contributed by atoms with Crippen molar-refractivity contribution in [1.29, 1.82) is 0 Å². The second-order valence-corrected chi connectivity index (χ2v) is 5.50. The molecule has 1 rings (SSSR count). The van der Waals surface area contributed by atoms with Crippen LogP contribution in [-0.2, 0) is 9.59 Å². The number of amides is 1. The van der Waals surface area contributed by atoms with Gasteiger partial charge in [-0.2, -0.15) is 0 Å². The molecule has 6 nitrogen and oxygen atoms in total. The standard InChI is InChI=1S/C13H25N3O3/c1-5-14-13(3,4)12(19)16-8-6-15(7-9-16)10(2)11(17)18/h10,14H,5-9H2,1-4H3,(H,17,18). The van der Waals surface area contributed by atoms with Gasteiger partial charge in [-0.3, -0.25) is 14.5 Å². The van der Waals surface area contributed by atoms with Crippen molar-refractivity contribution >= 4 is 11.9 Å². The number of carbonyl (C=O) groups is 2. The average Bonchev–Trinajstić information content (AvgIpc) is 2.37. The Morgan fingerprint density at radius 2 is 1.79 bits per heavy atom. The van der Waals surface area contributed by atoms with E-state index in [0.717, 1.165) is 6.54 Å². The van der Waals surface area contributed by atoms with Crippen LogP contribution in [0.1, 0.15) is 27.7 Å². The van der Waals surface area contributed by atoms with Crippen molar-refractivity contribution < 1.29 is 14.7 Å². The molecule has 1 amide bonds. The molecule has 0 radical (unpaired) electrons. The number of piperazine rings is 1. The fourth-order valence-corrected chi connectivity index (χ4v) is 2.38. The first-order valence-corrected chi connectivity index (χ1v) is 6.81. The smallest absolute Gasteiger partial charge is 0.320 e. The maximum Gasteiger partial charge on any atom is 0.320 e. The number of nitrogens with one attached hydrogen (secondary N) is 1. The topological polar surface area (TPSA) is 72.9 Å². The zero-order valence-electron chi connectivity index (χ0n) is 12.3. The summed E-state index contributed by atoms with van der Waals surface area (Å²) in [6, 6.07) is -0.487. The number of carboxylic acids is 1. The average molecular weight is 271 g/mol. The van der Waals surface area contributed by atoms with E-state index in [0.29, 0.717) is 26.2 Å². The number of rotatable bonds is 5. The fraction of sp³-hybridized carbons (Fsp3) is 0.846. The van der Waals surface area contributed by atoms with Crippen LogP contribution < -0.4 is 5.32 Å². The third kappa shape index (κ3) is 3.91. The SMILES string of the molecule is CCNC(C)(C)C(=O)N1CCN(C(C)C(=O)O)CC1. The van der Waals surface area contributed by atoms with Gasteiger partial charge in [0.15, 0.2) is 0 Å². The van der Waals surface area contributed by atoms with E-state index in [4.69, 9.17) is 5.11 Å². The van der Waals surface area contributed by atoms with Crippen LogP contribution >= 0.6 is 0 Å². The highest BCUT2D eigenvalue weighted by molar-refractivity contribution is 5.85. The number of hydrogen-bond donors (Lipinski definition) is 2. The number of likely N-dealkylation sites (N-methyl/N-ethyl adjacent to an activating group) is 1. The summed E-state index contributed by atoms with van der Waals surface area (Å²) < 4.78 is 0. The number of carbonyl (C=O) groups excluding carboxylic acids is 1. The van der Waals surface area contributed by atoms with Crippen LogP contribution in [0.15, 0.2) is 0 Å². The maximum atomic E-state index is 12.3. The van der Waals surface area contributed by atoms with Crippen LogP contribution in [0.4, 0.5) is 0 Å². The molecule has 110 valence electrons. The summed E-state index contributed by atoms with van der Waals surface area (Å²) in [6.45, 7) is 10.6. The lowest BCUT2D eigenvalue weighted by molar-refractivity contribution is -0.145. The Balaban J connectivity index is 2.54. The molecule has 2 N–H and O–H groups in total. The molecule has 1 unspecified atom stereocenters. The van der Waals surface area contributed by atoms with Crippen LogP contribution in [0.2, 0.25) is 0 Å². The highest BCUT2D eigenvalue weighted by Crippen LogP contribution is 2.12. The zero-order valence-corrected chi connectivity index (χ0v) is 12.3. The Labute approximate surface area is 114 Å². The normalized spacial score (nSPS) is 19.3. The van der Waals surface area contributed by atoms with Gasteiger partial charge in [0, 0.05) is 26.2 Å². The van der Waals surface area contributed by atoms with E-state index in [1.54, 1.807) is 6.92 Å². The molecule has 0 saturated carbocycles. The third-order valence-electron chi connectivity index (χ3n) is 3.66. The summed E-state index contributed by atoms with van der Waals surface area (Å²) in [5.74, 6) is -0.732. The zero-order chi connectivity index (χ0) is 14.6. The van der Waals surface area contributed by atoms with Crippen molar-refractivity contribution in [2.24, 2.45) is 0 Å². The van der Waals surface area contributed by atoms with E-state index < -0.39 is 17.6 Å². The summed E-state index contributed by atoms with van der Waals surface area (Å²) in [6.07, 6.45) is 0. The van der Waals surface area contributed by atoms with E-state index in [1.807, 2.05) is 30.6 Å². The molecule has 0 aromatic heterocycles. The first-order chi connectivity index (χ1) is 8.79. The second kappa shape index (κ2) is 6.34. The van der Waals surface area contributed by atoms with Gasteiger partial charge in [0.2, 0.25) is 5.91 Å². The number of nitrogens with zero attached hydrogens (tertiary/aromatic N) is 2. The van der Waals surface area contributed by atoms with Crippen LogP contribution in [0.5, 0.6) is 0 Å². The monoisotopic (exact) mass is 271 g/mol. The van der Waals surface area contributed by atoms with Crippen LogP contribution in [0.25, 0.3) is 0 Å². The van der Waals surface area contributed by atoms with Crippen molar-refractivity contribution in [1.82, 2.24) is 15.1 Å². The highest BCUT2D eigenvalue weighted by Gasteiger charge is 2.34. The minimum Gasteiger partial charge on any atom is -0.480 e. The van der Waals surface area contributed by atoms with E-state index in [1.165, 1.54) is 0 Å². The number of aliphatic carboxylic acids is 1. The molecule has 0 spiro atoms. The summed E-state index contributed by atoms with van der Waals surface area (Å²) in [4.78, 5) is 27.0. The van der Waals surface area contributed by atoms with Gasteiger partial charge in [-0.15, -0.1) is 0 Å². The lowest BCUT2D eigenvalue weighted by Crippen LogP contribution is -2.59. The quantitative estimate of drug-likeness (QED) is 0.736. The Morgan fingerprint density at radius 1 is 1.26 bits per heavy atom. The summed E-state index contributed by atoms with van der Waals surface area (Å²) >= 11 is 0. The van der Waals surface area contributed by atoms with Gasteiger partial charge in [0.05, 0.1) is 5.54 Å². The molecule has 0 aromatic carbocycles. The maximum absolute atomic E-state index is 12.3. The molecule has 19 heavy (non-hydrogen) atoms. The molecule has 1 aliphatic rings. The lowest BCUT2D eigenvalue weighted by atomic mass is 10.0. The summed E-state index contributed by atoms with van der Waals surface area (Å²) in [7, 11) is 0. The van der Waals surface area contributed by atoms with Crippen LogP contribution in [0, 0.1) is 0 Å². The molecular weight excluding hydrogens is 246 g/mol. The Hall–Kier alpha value is -1.14. The summed E-state index contributed by atoms with van der Waals surface area (Å²) in [5, 5.41) is 12.1. The largest absolute Gasteiger partial charge is 0.480 e. The minimum absolute atomic E-state index is 0.0805. The van der Waals surface area contributed by atoms with Crippen LogP contribution in [0.3, 0.4) is 0 Å². The molecule has 0 aliphatic carbocycles. The van der Waals surface area contributed by atoms with Crippen molar-refractivity contribution in [2.45, 2.75) is 39.3 Å². The van der Waals surface area contributed by atoms with Gasteiger partial charge in [0.25, 0.3) is 0 Å². The summed E-state index contributed by atoms with van der Waals surface area (Å²) in [5.41, 5.74) is -0.560. The number of carboxylic acid groups (broad SMARTS) is 1. The second-order valence-electron chi connectivity index (χ2n) is 5.50. The van der Waals surface area contributed by atoms with E-state index in [2.05, 4.69) is 5.32 Å². The molecule has 1 atom stereocenters. The molecule has 1 saturated heterocycles. The highest BCUT2D eigenvalue weighted by atomic mass is 16.4. The molecule has 0 bridgehead atoms. The van der Waals surface area contributed by atoms with Gasteiger partial charge in [0.1, 0.15) is 6.04 Å². The van der Waals surface area contributed by atoms with Gasteiger partial charge in [-0.1, -0.05) is 6.92 Å². The molecule has 1 fully saturated rings. The van der Waals surface area contributed by atoms with Crippen LogP contribution in [-0.4, -0.2) is 71.1 Å². The molecule has 6 heteroatoms. The van der Waals surface area contributed by atoms with Gasteiger partial charge in [-0.05, 0) is 27.3 Å². The van der Waals surface area contributed by atoms with E-state index >= 15 is 0 Å². The minimum atomic E-state index is -0.812. The predicted octanol–water partition coefficient (Wildman–Crippen LogP) is -0.00820. The molecule has 0 aromatic rings. The molecule has 1 aliphatic heterocycles.